The van der Waals surface area contributed by atoms with Crippen molar-refractivity contribution in [1.29, 1.82) is 0 Å². The molecule has 0 N–H and O–H groups in total. The molecule has 0 aliphatic heterocycles. The van der Waals surface area contributed by atoms with Crippen LogP contribution >= 0.6 is 7.82 Å². The Morgan fingerprint density at radius 2 is 1.02 bits per heavy atom. The van der Waals surface area contributed by atoms with Gasteiger partial charge in [0, 0.05) is 6.54 Å². The third kappa shape index (κ3) is 6.18. The predicted molar refractivity (Wildman–Crippen MR) is 141 cm³/mol. The second-order valence-electron chi connectivity index (χ2n) is 10.5. The van der Waals surface area contributed by atoms with Gasteiger partial charge in [0.25, 0.3) is 10.0 Å². The molecule has 1 aliphatic rings. The highest BCUT2D eigenvalue weighted by Gasteiger charge is 3.04. The lowest BCUT2D eigenvalue weighted by Crippen LogP contribution is -2.86. The van der Waals surface area contributed by atoms with Gasteiger partial charge in [-0.25, -0.2) is 17.4 Å². The van der Waals surface area contributed by atoms with E-state index in [0.717, 1.165) is 48.5 Å². The minimum atomic E-state index is -8.84. The first-order valence-electron chi connectivity index (χ1n) is 13.7. The number of alkyl halides is 15. The molecule has 0 bridgehead atoms. The standard InChI is InChI=1S/C26H23F15NO6PS/c1-2-3-4-11-16-42(50(44,45)24(37)22(33,34)20(29,30)19(27,28)21(31,32)23(24,35)36)25(38,39)26(40,41)48-49(43,46-17-12-7-5-8-13-17)47-18-14-9-6-10-15-18/h5-10,12-15H,2-4,11,16H2,1H3. The summed E-state index contributed by atoms with van der Waals surface area (Å²) in [5, 5.41) is -8.20. The van der Waals surface area contributed by atoms with Crippen LogP contribution in [-0.4, -0.2) is 66.0 Å². The second kappa shape index (κ2) is 13.3. The number of phosphoric ester groups is 1. The maximum absolute atomic E-state index is 15.8. The molecule has 50 heavy (non-hydrogen) atoms. The van der Waals surface area contributed by atoms with Crippen LogP contribution in [0.4, 0.5) is 65.9 Å². The van der Waals surface area contributed by atoms with Crippen LogP contribution in [0.25, 0.3) is 0 Å². The summed E-state index contributed by atoms with van der Waals surface area (Å²) in [4.78, 5) is 0. The lowest BCUT2D eigenvalue weighted by Gasteiger charge is -2.52. The van der Waals surface area contributed by atoms with Gasteiger partial charge < -0.3 is 9.05 Å². The number of benzene rings is 2. The summed E-state index contributed by atoms with van der Waals surface area (Å²) in [7, 11) is -15.2. The number of rotatable bonds is 15. The molecule has 1 saturated carbocycles. The quantitative estimate of drug-likeness (QED) is 0.0774. The van der Waals surface area contributed by atoms with E-state index >= 15 is 22.0 Å². The Morgan fingerprint density at radius 3 is 1.40 bits per heavy atom. The molecule has 0 unspecified atom stereocenters. The van der Waals surface area contributed by atoms with Crippen LogP contribution in [0, 0.1) is 0 Å². The molecule has 2 aromatic rings. The molecule has 24 heteroatoms. The summed E-state index contributed by atoms with van der Waals surface area (Å²) in [5.74, 6) is -42.2. The van der Waals surface area contributed by atoms with Gasteiger partial charge in [0.15, 0.2) is 0 Å². The average molecular weight is 793 g/mol. The van der Waals surface area contributed by atoms with Crippen molar-refractivity contribution in [1.82, 2.24) is 4.31 Å². The van der Waals surface area contributed by atoms with E-state index in [1.165, 1.54) is 19.1 Å². The number of hydrogen-bond donors (Lipinski definition) is 0. The van der Waals surface area contributed by atoms with Gasteiger partial charge in [-0.1, -0.05) is 62.6 Å². The Balaban J connectivity index is 2.26. The van der Waals surface area contributed by atoms with Crippen LogP contribution in [0.2, 0.25) is 0 Å². The monoisotopic (exact) mass is 793 g/mol. The van der Waals surface area contributed by atoms with Crippen molar-refractivity contribution < 1.29 is 92.4 Å². The van der Waals surface area contributed by atoms with Crippen molar-refractivity contribution in [2.45, 2.75) is 79.4 Å². The van der Waals surface area contributed by atoms with Gasteiger partial charge in [0.1, 0.15) is 11.5 Å². The summed E-state index contributed by atoms with van der Waals surface area (Å²) in [5.41, 5.74) is 0. The molecule has 0 radical (unpaired) electrons. The fraction of sp³-hybridized carbons (Fsp3) is 0.538. The lowest BCUT2D eigenvalue weighted by atomic mass is 9.80. The molecule has 284 valence electrons. The molecule has 0 atom stereocenters. The zero-order chi connectivity index (χ0) is 38.5. The second-order valence-corrected chi connectivity index (χ2v) is 13.9. The molecule has 3 rings (SSSR count). The predicted octanol–water partition coefficient (Wildman–Crippen LogP) is 9.52. The van der Waals surface area contributed by atoms with Crippen LogP contribution in [0.15, 0.2) is 60.7 Å². The van der Waals surface area contributed by atoms with Crippen LogP contribution in [-0.2, 0) is 19.1 Å². The molecule has 7 nitrogen and oxygen atoms in total. The van der Waals surface area contributed by atoms with Gasteiger partial charge in [-0.3, -0.25) is 0 Å². The summed E-state index contributed by atoms with van der Waals surface area (Å²) in [6.45, 7) is -1.14. The highest BCUT2D eigenvalue weighted by atomic mass is 32.2. The van der Waals surface area contributed by atoms with Crippen LogP contribution in [0.1, 0.15) is 32.6 Å². The van der Waals surface area contributed by atoms with Gasteiger partial charge in [0.05, 0.1) is 0 Å². The van der Waals surface area contributed by atoms with E-state index in [4.69, 9.17) is 0 Å². The van der Waals surface area contributed by atoms with Gasteiger partial charge in [-0.05, 0) is 30.7 Å². The van der Waals surface area contributed by atoms with E-state index in [9.17, 15) is 56.9 Å². The Bertz CT molecular complexity index is 1570. The third-order valence-electron chi connectivity index (χ3n) is 7.06. The average Bonchev–Trinajstić information content (AvgIpc) is 2.99. The van der Waals surface area contributed by atoms with E-state index in [0.29, 0.717) is 0 Å². The van der Waals surface area contributed by atoms with E-state index in [-0.39, 0.29) is 12.8 Å². The molecule has 0 heterocycles. The largest absolute Gasteiger partial charge is 0.592 e. The Kier molecular flexibility index (Phi) is 11.0. The van der Waals surface area contributed by atoms with Crippen molar-refractivity contribution in [3.05, 3.63) is 60.7 Å². The first kappa shape index (κ1) is 41.5. The highest BCUT2D eigenvalue weighted by molar-refractivity contribution is 7.90. The Labute approximate surface area is 272 Å². The van der Waals surface area contributed by atoms with E-state index in [1.807, 2.05) is 0 Å². The van der Waals surface area contributed by atoms with Gasteiger partial charge in [0.2, 0.25) is 0 Å². The number of nitrogens with zero attached hydrogens (tertiary/aromatic N) is 1. The van der Waals surface area contributed by atoms with E-state index in [2.05, 4.69) is 13.6 Å². The van der Waals surface area contributed by atoms with Gasteiger partial charge in [-0.2, -0.15) is 66.0 Å². The Morgan fingerprint density at radius 1 is 0.640 bits per heavy atom. The zero-order valence-electron chi connectivity index (χ0n) is 24.7. The van der Waals surface area contributed by atoms with Gasteiger partial charge in [-0.15, -0.1) is 4.31 Å². The number of unbranched alkanes of at least 4 members (excludes halogenated alkanes) is 3. The maximum atomic E-state index is 15.8. The van der Waals surface area contributed by atoms with E-state index in [1.54, 1.807) is 0 Å². The topological polar surface area (TPSA) is 82.1 Å². The SMILES string of the molecule is CCCCCCN(C(F)(F)C(F)(F)OP(=O)(Oc1ccccc1)Oc1ccccc1)S(=O)(=O)C1(F)C(F)(F)C(F)(F)C(F)(F)C(F)(F)C1(F)F. The molecular weight excluding hydrogens is 770 g/mol. The molecule has 0 spiro atoms. The van der Waals surface area contributed by atoms with Crippen LogP contribution in [0.3, 0.4) is 0 Å². The third-order valence-corrected chi connectivity index (χ3v) is 10.6. The minimum Gasteiger partial charge on any atom is -0.395 e. The highest BCUT2D eigenvalue weighted by Crippen LogP contribution is 2.71. The minimum absolute atomic E-state index is 0.0932. The zero-order valence-corrected chi connectivity index (χ0v) is 26.4. The lowest BCUT2D eigenvalue weighted by molar-refractivity contribution is -0.470. The van der Waals surface area contributed by atoms with Crippen LogP contribution in [0.5, 0.6) is 11.5 Å². The smallest absolute Gasteiger partial charge is 0.395 e. The van der Waals surface area contributed by atoms with Crippen molar-refractivity contribution >= 4 is 17.8 Å². The van der Waals surface area contributed by atoms with Crippen LogP contribution < -0.4 is 9.05 Å². The Hall–Kier alpha value is -2.91. The summed E-state index contributed by atoms with van der Waals surface area (Å²) in [6, 6.07) is 3.05. The molecule has 0 amide bonds. The van der Waals surface area contributed by atoms with Gasteiger partial charge >= 0.3 is 54.6 Å². The van der Waals surface area contributed by atoms with Crippen molar-refractivity contribution in [3.63, 3.8) is 0 Å². The number of hydrogen-bond acceptors (Lipinski definition) is 6. The molecule has 1 aliphatic carbocycles. The molecule has 2 aromatic carbocycles. The normalized spacial score (nSPS) is 21.1. The first-order chi connectivity index (χ1) is 22.6. The van der Waals surface area contributed by atoms with E-state index < -0.39 is 99.8 Å². The van der Waals surface area contributed by atoms with Crippen molar-refractivity contribution in [3.8, 4) is 11.5 Å². The summed E-state index contributed by atoms with van der Waals surface area (Å²) < 4.78 is 271. The summed E-state index contributed by atoms with van der Waals surface area (Å²) in [6.07, 6.45) is -8.86. The molecule has 0 saturated heterocycles. The fourth-order valence-corrected chi connectivity index (χ4v) is 7.63. The number of phosphoric acid groups is 1. The number of sulfonamides is 1. The maximum Gasteiger partial charge on any atom is 0.592 e. The molecule has 1 fully saturated rings. The molecular formula is C26H23F15NO6PS. The van der Waals surface area contributed by atoms with Crippen molar-refractivity contribution in [2.75, 3.05) is 6.54 Å². The van der Waals surface area contributed by atoms with Crippen molar-refractivity contribution in [2.24, 2.45) is 0 Å². The molecule has 0 aromatic heterocycles. The first-order valence-corrected chi connectivity index (χ1v) is 16.6. The number of halogens is 15. The summed E-state index contributed by atoms with van der Waals surface area (Å²) >= 11 is 0. The fourth-order valence-electron chi connectivity index (χ4n) is 4.38. The number of para-hydroxylation sites is 2.